The summed E-state index contributed by atoms with van der Waals surface area (Å²) in [4.78, 5) is 0. The summed E-state index contributed by atoms with van der Waals surface area (Å²) in [7, 11) is 0. The smallest absolute Gasteiger partial charge is 0.00201 e. The number of rotatable bonds is 4. The van der Waals surface area contributed by atoms with Crippen LogP contribution in [0.5, 0.6) is 0 Å². The fourth-order valence-electron chi connectivity index (χ4n) is 7.33. The van der Waals surface area contributed by atoms with Crippen LogP contribution in [0.4, 0.5) is 0 Å². The van der Waals surface area contributed by atoms with Crippen LogP contribution in [-0.2, 0) is 0 Å². The summed E-state index contributed by atoms with van der Waals surface area (Å²) in [5, 5.41) is 10.1. The normalized spacial score (nSPS) is 11.5. The highest BCUT2D eigenvalue weighted by Gasteiger charge is 2.19. The fourth-order valence-corrected chi connectivity index (χ4v) is 7.33. The molecular formula is C46H30. The van der Waals surface area contributed by atoms with Crippen molar-refractivity contribution in [3.63, 3.8) is 0 Å². The van der Waals surface area contributed by atoms with E-state index in [0.29, 0.717) is 0 Å². The quantitative estimate of drug-likeness (QED) is 0.181. The molecule has 0 heteroatoms. The average molecular weight is 583 g/mol. The Morgan fingerprint density at radius 1 is 0.217 bits per heavy atom. The molecule has 0 unspecified atom stereocenters. The number of fused-ring (bicyclic) bond motifs is 4. The van der Waals surface area contributed by atoms with Crippen molar-refractivity contribution < 1.29 is 0 Å². The standard InChI is InChI=1S/C46H30/c1-3-13-31(14-4-1)35-27-28-43-44(30-35)45(33-16-5-2-6-17-33)41-19-9-10-20-42(41)46(43)40-24-12-22-38-37(21-11-23-39(38)40)36-26-25-32-15-7-8-18-34(32)29-36/h1-30H. The Morgan fingerprint density at radius 2 is 0.761 bits per heavy atom. The zero-order valence-corrected chi connectivity index (χ0v) is 25.3. The second-order valence-electron chi connectivity index (χ2n) is 12.1. The molecule has 9 rings (SSSR count). The third-order valence-electron chi connectivity index (χ3n) is 9.45. The van der Waals surface area contributed by atoms with Gasteiger partial charge in [0.1, 0.15) is 0 Å². The summed E-state index contributed by atoms with van der Waals surface area (Å²) in [6, 6.07) is 66.5. The fraction of sp³-hybridized carbons (Fsp3) is 0. The average Bonchev–Trinajstić information content (AvgIpc) is 3.13. The Morgan fingerprint density at radius 3 is 1.52 bits per heavy atom. The molecule has 0 aliphatic rings. The summed E-state index contributed by atoms with van der Waals surface area (Å²) >= 11 is 0. The molecule has 0 fully saturated rings. The lowest BCUT2D eigenvalue weighted by molar-refractivity contribution is 1.63. The zero-order chi connectivity index (χ0) is 30.5. The van der Waals surface area contributed by atoms with Crippen molar-refractivity contribution in [1.29, 1.82) is 0 Å². The lowest BCUT2D eigenvalue weighted by Crippen LogP contribution is -1.93. The molecule has 0 bridgehead atoms. The Bertz CT molecular complexity index is 2560. The third-order valence-corrected chi connectivity index (χ3v) is 9.45. The first-order valence-corrected chi connectivity index (χ1v) is 15.9. The molecule has 0 aliphatic carbocycles. The molecule has 0 amide bonds. The maximum Gasteiger partial charge on any atom is -0.00201 e. The molecule has 0 atom stereocenters. The first-order chi connectivity index (χ1) is 22.8. The van der Waals surface area contributed by atoms with Gasteiger partial charge in [0, 0.05) is 0 Å². The van der Waals surface area contributed by atoms with E-state index in [1.54, 1.807) is 0 Å². The van der Waals surface area contributed by atoms with Gasteiger partial charge < -0.3 is 0 Å². The van der Waals surface area contributed by atoms with E-state index in [1.165, 1.54) is 87.6 Å². The van der Waals surface area contributed by atoms with E-state index in [1.807, 2.05) is 0 Å². The van der Waals surface area contributed by atoms with Crippen LogP contribution in [-0.4, -0.2) is 0 Å². The third kappa shape index (κ3) is 4.30. The van der Waals surface area contributed by atoms with E-state index in [9.17, 15) is 0 Å². The van der Waals surface area contributed by atoms with Crippen LogP contribution in [0, 0.1) is 0 Å². The summed E-state index contributed by atoms with van der Waals surface area (Å²) < 4.78 is 0. The van der Waals surface area contributed by atoms with Gasteiger partial charge in [0.25, 0.3) is 0 Å². The molecule has 0 aliphatic heterocycles. The van der Waals surface area contributed by atoms with Crippen molar-refractivity contribution in [2.45, 2.75) is 0 Å². The van der Waals surface area contributed by atoms with Gasteiger partial charge in [0.2, 0.25) is 0 Å². The highest BCUT2D eigenvalue weighted by molar-refractivity contribution is 6.24. The molecular weight excluding hydrogens is 553 g/mol. The SMILES string of the molecule is c1ccc(-c2ccc3c(-c4cccc5c(-c6ccc7ccccc7c6)cccc45)c4ccccc4c(-c4ccccc4)c3c2)cc1. The number of benzene rings is 9. The van der Waals surface area contributed by atoms with Gasteiger partial charge in [0.05, 0.1) is 0 Å². The van der Waals surface area contributed by atoms with Gasteiger partial charge in [-0.15, -0.1) is 0 Å². The lowest BCUT2D eigenvalue weighted by Gasteiger charge is -2.20. The van der Waals surface area contributed by atoms with Crippen LogP contribution >= 0.6 is 0 Å². The molecule has 9 aromatic carbocycles. The molecule has 0 radical (unpaired) electrons. The van der Waals surface area contributed by atoms with Gasteiger partial charge in [-0.1, -0.05) is 170 Å². The van der Waals surface area contributed by atoms with Crippen molar-refractivity contribution in [2.24, 2.45) is 0 Å². The van der Waals surface area contributed by atoms with E-state index in [4.69, 9.17) is 0 Å². The van der Waals surface area contributed by atoms with Crippen LogP contribution < -0.4 is 0 Å². The van der Waals surface area contributed by atoms with Crippen LogP contribution in [0.1, 0.15) is 0 Å². The van der Waals surface area contributed by atoms with E-state index in [-0.39, 0.29) is 0 Å². The van der Waals surface area contributed by atoms with Gasteiger partial charge in [-0.05, 0) is 99.7 Å². The Hall–Kier alpha value is -5.98. The molecule has 0 spiro atoms. The highest BCUT2D eigenvalue weighted by atomic mass is 14.2. The van der Waals surface area contributed by atoms with Crippen LogP contribution in [0.3, 0.4) is 0 Å². The lowest BCUT2D eigenvalue weighted by atomic mass is 9.83. The molecule has 0 heterocycles. The largest absolute Gasteiger partial charge is 0.0622 e. The monoisotopic (exact) mass is 582 g/mol. The molecule has 0 nitrogen and oxygen atoms in total. The molecule has 0 aromatic heterocycles. The van der Waals surface area contributed by atoms with Crippen LogP contribution in [0.25, 0.3) is 87.6 Å². The maximum atomic E-state index is 2.40. The first kappa shape index (κ1) is 26.4. The van der Waals surface area contributed by atoms with E-state index in [2.05, 4.69) is 182 Å². The van der Waals surface area contributed by atoms with Crippen molar-refractivity contribution in [3.05, 3.63) is 182 Å². The van der Waals surface area contributed by atoms with Gasteiger partial charge in [-0.2, -0.15) is 0 Å². The molecule has 0 saturated carbocycles. The first-order valence-electron chi connectivity index (χ1n) is 15.9. The van der Waals surface area contributed by atoms with Gasteiger partial charge in [-0.25, -0.2) is 0 Å². The minimum absolute atomic E-state index is 1.23. The molecule has 214 valence electrons. The van der Waals surface area contributed by atoms with Crippen LogP contribution in [0.15, 0.2) is 182 Å². The molecule has 0 saturated heterocycles. The minimum atomic E-state index is 1.23. The Balaban J connectivity index is 1.37. The van der Waals surface area contributed by atoms with Crippen molar-refractivity contribution in [1.82, 2.24) is 0 Å². The molecule has 46 heavy (non-hydrogen) atoms. The Kier molecular flexibility index (Phi) is 6.25. The van der Waals surface area contributed by atoms with Gasteiger partial charge in [-0.3, -0.25) is 0 Å². The second kappa shape index (κ2) is 10.9. The van der Waals surface area contributed by atoms with Gasteiger partial charge in [0.15, 0.2) is 0 Å². The van der Waals surface area contributed by atoms with E-state index in [0.717, 1.165) is 0 Å². The summed E-state index contributed by atoms with van der Waals surface area (Å²) in [5.41, 5.74) is 10.0. The maximum absolute atomic E-state index is 2.40. The minimum Gasteiger partial charge on any atom is -0.0622 e. The second-order valence-corrected chi connectivity index (χ2v) is 12.1. The van der Waals surface area contributed by atoms with Crippen LogP contribution in [0.2, 0.25) is 0 Å². The molecule has 9 aromatic rings. The Labute approximate surface area is 268 Å². The highest BCUT2D eigenvalue weighted by Crippen LogP contribution is 2.47. The molecule has 0 N–H and O–H groups in total. The number of hydrogen-bond donors (Lipinski definition) is 0. The number of hydrogen-bond acceptors (Lipinski definition) is 0. The predicted octanol–water partition coefficient (Wildman–Crippen LogP) is 13.0. The van der Waals surface area contributed by atoms with Crippen molar-refractivity contribution in [3.8, 4) is 44.5 Å². The summed E-state index contributed by atoms with van der Waals surface area (Å²) in [5.74, 6) is 0. The zero-order valence-electron chi connectivity index (χ0n) is 25.3. The van der Waals surface area contributed by atoms with E-state index >= 15 is 0 Å². The topological polar surface area (TPSA) is 0 Å². The van der Waals surface area contributed by atoms with Crippen molar-refractivity contribution in [2.75, 3.05) is 0 Å². The predicted molar refractivity (Wildman–Crippen MR) is 198 cm³/mol. The van der Waals surface area contributed by atoms with Gasteiger partial charge >= 0.3 is 0 Å². The van der Waals surface area contributed by atoms with E-state index < -0.39 is 0 Å². The van der Waals surface area contributed by atoms with Crippen molar-refractivity contribution >= 4 is 43.1 Å². The summed E-state index contributed by atoms with van der Waals surface area (Å²) in [6.45, 7) is 0. The summed E-state index contributed by atoms with van der Waals surface area (Å²) in [6.07, 6.45) is 0.